The third-order valence-corrected chi connectivity index (χ3v) is 3.83. The van der Waals surface area contributed by atoms with Gasteiger partial charge < -0.3 is 5.11 Å². The average Bonchev–Trinajstić information content (AvgIpc) is 2.56. The Morgan fingerprint density at radius 1 is 1.50 bits per heavy atom. The number of rotatable bonds is 1. The zero-order valence-corrected chi connectivity index (χ0v) is 9.29. The van der Waals surface area contributed by atoms with Crippen LogP contribution in [0.2, 0.25) is 5.02 Å². The van der Waals surface area contributed by atoms with E-state index in [1.807, 2.05) is 6.07 Å². The van der Waals surface area contributed by atoms with Gasteiger partial charge in [-0.15, -0.1) is 24.0 Å². The number of aromatic carboxylic acids is 1. The first kappa shape index (κ1) is 9.83. The van der Waals surface area contributed by atoms with Crippen LogP contribution in [0.3, 0.4) is 0 Å². The van der Waals surface area contributed by atoms with Gasteiger partial charge in [-0.25, -0.2) is 4.79 Å². The van der Waals surface area contributed by atoms with Crippen LogP contribution >= 0.6 is 35.6 Å². The summed E-state index contributed by atoms with van der Waals surface area (Å²) in [5.74, 6) is -0.928. The topological polar surface area (TPSA) is 37.3 Å². The van der Waals surface area contributed by atoms with Gasteiger partial charge in [0.2, 0.25) is 0 Å². The molecule has 0 bridgehead atoms. The minimum atomic E-state index is -0.928. The molecule has 0 amide bonds. The molecule has 0 aliphatic carbocycles. The molecule has 2 aromatic rings. The molecule has 0 spiro atoms. The predicted molar refractivity (Wildman–Crippen MR) is 61.0 cm³/mol. The molecule has 0 radical (unpaired) electrons. The summed E-state index contributed by atoms with van der Waals surface area (Å²) in [5, 5.41) is 10.1. The van der Waals surface area contributed by atoms with Crippen molar-refractivity contribution in [3.05, 3.63) is 28.1 Å². The third kappa shape index (κ3) is 1.49. The Labute approximate surface area is 94.5 Å². The molecular weight excluding hydrogens is 240 g/mol. The van der Waals surface area contributed by atoms with Crippen molar-refractivity contribution in [2.75, 3.05) is 0 Å². The first-order valence-corrected chi connectivity index (χ1v) is 5.38. The molecule has 0 saturated heterocycles. The summed E-state index contributed by atoms with van der Waals surface area (Å²) >= 11 is 11.4. The van der Waals surface area contributed by atoms with Crippen LogP contribution in [0.15, 0.2) is 23.1 Å². The fourth-order valence-electron chi connectivity index (χ4n) is 1.17. The highest BCUT2D eigenvalue weighted by atomic mass is 35.5. The Bertz CT molecular complexity index is 519. The summed E-state index contributed by atoms with van der Waals surface area (Å²) in [5.41, 5.74) is 0. The molecule has 1 heterocycles. The lowest BCUT2D eigenvalue weighted by Gasteiger charge is -1.96. The number of benzene rings is 1. The molecule has 5 heteroatoms. The van der Waals surface area contributed by atoms with Crippen molar-refractivity contribution in [2.24, 2.45) is 0 Å². The van der Waals surface area contributed by atoms with Crippen molar-refractivity contribution < 1.29 is 9.90 Å². The summed E-state index contributed by atoms with van der Waals surface area (Å²) in [6.45, 7) is 0. The molecule has 0 unspecified atom stereocenters. The number of carboxylic acids is 1. The van der Waals surface area contributed by atoms with Gasteiger partial charge in [0.1, 0.15) is 4.88 Å². The third-order valence-electron chi connectivity index (χ3n) is 1.83. The van der Waals surface area contributed by atoms with E-state index in [1.54, 1.807) is 12.1 Å². The van der Waals surface area contributed by atoms with Crippen molar-refractivity contribution in [3.63, 3.8) is 0 Å². The van der Waals surface area contributed by atoms with E-state index in [-0.39, 0.29) is 0 Å². The highest BCUT2D eigenvalue weighted by Crippen LogP contribution is 2.34. The number of carbonyl (C=O) groups is 1. The quantitative estimate of drug-likeness (QED) is 0.753. The number of hydrogen-bond acceptors (Lipinski definition) is 3. The SMILES string of the molecule is O=C(O)c1cc2c(Cl)c(S)ccc2s1. The number of fused-ring (bicyclic) bond motifs is 1. The van der Waals surface area contributed by atoms with Crippen LogP contribution < -0.4 is 0 Å². The molecule has 14 heavy (non-hydrogen) atoms. The Morgan fingerprint density at radius 3 is 2.86 bits per heavy atom. The van der Waals surface area contributed by atoms with Gasteiger partial charge in [-0.3, -0.25) is 0 Å². The normalized spacial score (nSPS) is 10.7. The number of hydrogen-bond donors (Lipinski definition) is 2. The molecule has 0 aliphatic rings. The molecule has 0 saturated carbocycles. The van der Waals surface area contributed by atoms with Crippen LogP contribution in [0, 0.1) is 0 Å². The van der Waals surface area contributed by atoms with Gasteiger partial charge >= 0.3 is 5.97 Å². The highest BCUT2D eigenvalue weighted by molar-refractivity contribution is 7.80. The maximum atomic E-state index is 10.7. The van der Waals surface area contributed by atoms with Gasteiger partial charge in [-0.2, -0.15) is 0 Å². The van der Waals surface area contributed by atoms with Crippen LogP contribution in [0.5, 0.6) is 0 Å². The van der Waals surface area contributed by atoms with Crippen LogP contribution in [0.25, 0.3) is 10.1 Å². The van der Waals surface area contributed by atoms with Gasteiger partial charge in [-0.1, -0.05) is 11.6 Å². The van der Waals surface area contributed by atoms with Crippen molar-refractivity contribution in [1.29, 1.82) is 0 Å². The Kier molecular flexibility index (Phi) is 2.43. The van der Waals surface area contributed by atoms with E-state index in [9.17, 15) is 4.79 Å². The molecule has 72 valence electrons. The van der Waals surface area contributed by atoms with Crippen molar-refractivity contribution in [2.45, 2.75) is 4.90 Å². The van der Waals surface area contributed by atoms with E-state index in [2.05, 4.69) is 12.6 Å². The van der Waals surface area contributed by atoms with E-state index >= 15 is 0 Å². The van der Waals surface area contributed by atoms with Crippen LogP contribution in [0.4, 0.5) is 0 Å². The second-order valence-corrected chi connectivity index (χ2v) is 4.67. The lowest BCUT2D eigenvalue weighted by Crippen LogP contribution is -1.89. The first-order valence-electron chi connectivity index (χ1n) is 3.74. The zero-order chi connectivity index (χ0) is 10.3. The van der Waals surface area contributed by atoms with Crippen molar-refractivity contribution in [3.8, 4) is 0 Å². The Morgan fingerprint density at radius 2 is 2.21 bits per heavy atom. The maximum Gasteiger partial charge on any atom is 0.345 e. The number of thiol groups is 1. The average molecular weight is 245 g/mol. The van der Waals surface area contributed by atoms with Crippen LogP contribution in [-0.4, -0.2) is 11.1 Å². The molecule has 1 N–H and O–H groups in total. The molecule has 2 nitrogen and oxygen atoms in total. The summed E-state index contributed by atoms with van der Waals surface area (Å²) in [6, 6.07) is 5.15. The number of carboxylic acid groups (broad SMARTS) is 1. The first-order chi connectivity index (χ1) is 6.59. The second-order valence-electron chi connectivity index (χ2n) is 2.73. The fraction of sp³-hybridized carbons (Fsp3) is 0. The molecule has 0 fully saturated rings. The van der Waals surface area contributed by atoms with Gasteiger partial charge in [0.15, 0.2) is 0 Å². The monoisotopic (exact) mass is 244 g/mol. The summed E-state index contributed by atoms with van der Waals surface area (Å²) < 4.78 is 0.866. The van der Waals surface area contributed by atoms with Gasteiger partial charge in [0.05, 0.1) is 5.02 Å². The van der Waals surface area contributed by atoms with Crippen molar-refractivity contribution >= 4 is 51.6 Å². The predicted octanol–water partition coefficient (Wildman–Crippen LogP) is 3.54. The lowest BCUT2D eigenvalue weighted by atomic mass is 10.2. The molecule has 0 aliphatic heterocycles. The van der Waals surface area contributed by atoms with E-state index < -0.39 is 5.97 Å². The summed E-state index contributed by atoms with van der Waals surface area (Å²) in [6.07, 6.45) is 0. The van der Waals surface area contributed by atoms with E-state index in [0.29, 0.717) is 14.8 Å². The molecule has 0 atom stereocenters. The number of thiophene rings is 1. The maximum absolute atomic E-state index is 10.7. The van der Waals surface area contributed by atoms with Gasteiger partial charge in [0, 0.05) is 15.0 Å². The van der Waals surface area contributed by atoms with Crippen LogP contribution in [0.1, 0.15) is 9.67 Å². The molecule has 1 aromatic heterocycles. The van der Waals surface area contributed by atoms with Gasteiger partial charge in [-0.05, 0) is 18.2 Å². The van der Waals surface area contributed by atoms with E-state index in [0.717, 1.165) is 10.1 Å². The van der Waals surface area contributed by atoms with E-state index in [1.165, 1.54) is 11.3 Å². The zero-order valence-electron chi connectivity index (χ0n) is 6.82. The van der Waals surface area contributed by atoms with Gasteiger partial charge in [0.25, 0.3) is 0 Å². The van der Waals surface area contributed by atoms with Crippen LogP contribution in [-0.2, 0) is 0 Å². The second kappa shape index (κ2) is 3.46. The lowest BCUT2D eigenvalue weighted by molar-refractivity contribution is 0.0702. The Hall–Kier alpha value is -0.710. The highest BCUT2D eigenvalue weighted by Gasteiger charge is 2.11. The largest absolute Gasteiger partial charge is 0.477 e. The van der Waals surface area contributed by atoms with E-state index in [4.69, 9.17) is 16.7 Å². The minimum absolute atomic E-state index is 0.292. The fourth-order valence-corrected chi connectivity index (χ4v) is 2.55. The molecular formula is C9H5ClO2S2. The summed E-state index contributed by atoms with van der Waals surface area (Å²) in [4.78, 5) is 11.7. The molecule has 2 rings (SSSR count). The summed E-state index contributed by atoms with van der Waals surface area (Å²) in [7, 11) is 0. The molecule has 1 aromatic carbocycles. The Balaban J connectivity index is 2.77. The minimum Gasteiger partial charge on any atom is -0.477 e. The van der Waals surface area contributed by atoms with Crippen molar-refractivity contribution in [1.82, 2.24) is 0 Å². The smallest absolute Gasteiger partial charge is 0.345 e. The number of halogens is 1. The standard InChI is InChI=1S/C9H5ClO2S2/c10-8-4-3-7(9(11)12)14-6(4)2-1-5(8)13/h1-3,13H,(H,11,12).